The van der Waals surface area contributed by atoms with Crippen LogP contribution >= 0.6 is 23.2 Å². The zero-order valence-corrected chi connectivity index (χ0v) is 12.8. The molecule has 112 valence electrons. The Morgan fingerprint density at radius 2 is 2.05 bits per heavy atom. The summed E-state index contributed by atoms with van der Waals surface area (Å²) in [6, 6.07) is 4.39. The molecule has 1 saturated heterocycles. The van der Waals surface area contributed by atoms with Gasteiger partial charge in [0.1, 0.15) is 6.04 Å². The Labute approximate surface area is 133 Å². The lowest BCUT2D eigenvalue weighted by Gasteiger charge is -2.32. The smallest absolute Gasteiger partial charge is 0.326 e. The first-order valence-electron chi connectivity index (χ1n) is 6.66. The highest BCUT2D eigenvalue weighted by Gasteiger charge is 2.30. The number of amides is 1. The van der Waals surface area contributed by atoms with E-state index >= 15 is 0 Å². The van der Waals surface area contributed by atoms with Crippen molar-refractivity contribution in [2.45, 2.75) is 25.3 Å². The van der Waals surface area contributed by atoms with E-state index in [1.165, 1.54) is 11.0 Å². The molecule has 1 aromatic rings. The molecule has 1 aliphatic rings. The van der Waals surface area contributed by atoms with E-state index in [2.05, 4.69) is 0 Å². The van der Waals surface area contributed by atoms with Gasteiger partial charge in [0.2, 0.25) is 5.91 Å². The van der Waals surface area contributed by atoms with Gasteiger partial charge in [-0.1, -0.05) is 35.3 Å². The summed E-state index contributed by atoms with van der Waals surface area (Å²) in [6.07, 6.45) is 5.04. The minimum absolute atomic E-state index is 0.321. The molecule has 0 aromatic heterocycles. The fourth-order valence-electron chi connectivity index (χ4n) is 2.36. The number of carboxylic acid groups (broad SMARTS) is 1. The molecule has 0 saturated carbocycles. The topological polar surface area (TPSA) is 57.6 Å². The number of hydrogen-bond donors (Lipinski definition) is 1. The summed E-state index contributed by atoms with van der Waals surface area (Å²) < 4.78 is 0. The van der Waals surface area contributed by atoms with Crippen LogP contribution in [0.25, 0.3) is 6.08 Å². The van der Waals surface area contributed by atoms with Crippen LogP contribution in [0.5, 0.6) is 0 Å². The first-order chi connectivity index (χ1) is 10.0. The van der Waals surface area contributed by atoms with Gasteiger partial charge in [-0.25, -0.2) is 4.79 Å². The summed E-state index contributed by atoms with van der Waals surface area (Å²) in [4.78, 5) is 24.8. The monoisotopic (exact) mass is 327 g/mol. The molecule has 1 aromatic carbocycles. The van der Waals surface area contributed by atoms with Gasteiger partial charge < -0.3 is 10.0 Å². The number of carboxylic acids is 1. The van der Waals surface area contributed by atoms with Gasteiger partial charge in [0, 0.05) is 12.6 Å². The van der Waals surface area contributed by atoms with Crippen molar-refractivity contribution >= 4 is 41.2 Å². The van der Waals surface area contributed by atoms with Crippen molar-refractivity contribution in [3.05, 3.63) is 39.9 Å². The number of carbonyl (C=O) groups is 2. The molecular weight excluding hydrogens is 313 g/mol. The number of halogens is 2. The summed E-state index contributed by atoms with van der Waals surface area (Å²) in [7, 11) is 0. The molecular formula is C15H15Cl2NO3. The van der Waals surface area contributed by atoms with Crippen LogP contribution in [0, 0.1) is 0 Å². The molecule has 0 spiro atoms. The molecule has 1 fully saturated rings. The quantitative estimate of drug-likeness (QED) is 0.865. The van der Waals surface area contributed by atoms with E-state index in [1.54, 1.807) is 24.3 Å². The average Bonchev–Trinajstić information content (AvgIpc) is 2.48. The van der Waals surface area contributed by atoms with Crippen molar-refractivity contribution in [1.29, 1.82) is 0 Å². The summed E-state index contributed by atoms with van der Waals surface area (Å²) in [5.74, 6) is -1.28. The Kier molecular flexibility index (Phi) is 5.26. The zero-order chi connectivity index (χ0) is 15.4. The maximum absolute atomic E-state index is 12.2. The van der Waals surface area contributed by atoms with Crippen molar-refractivity contribution in [3.63, 3.8) is 0 Å². The molecule has 4 nitrogen and oxygen atoms in total. The Hall–Kier alpha value is -1.52. The van der Waals surface area contributed by atoms with Crippen molar-refractivity contribution in [2.75, 3.05) is 6.54 Å². The van der Waals surface area contributed by atoms with Gasteiger partial charge in [0.15, 0.2) is 0 Å². The summed E-state index contributed by atoms with van der Waals surface area (Å²) in [6.45, 7) is 0.462. The lowest BCUT2D eigenvalue weighted by molar-refractivity contribution is -0.150. The third-order valence-corrected chi connectivity index (χ3v) is 4.29. The van der Waals surface area contributed by atoms with Gasteiger partial charge in [0.25, 0.3) is 0 Å². The molecule has 0 radical (unpaired) electrons. The van der Waals surface area contributed by atoms with Gasteiger partial charge in [-0.05, 0) is 37.0 Å². The van der Waals surface area contributed by atoms with Crippen LogP contribution < -0.4 is 0 Å². The largest absolute Gasteiger partial charge is 0.480 e. The van der Waals surface area contributed by atoms with Crippen molar-refractivity contribution in [2.24, 2.45) is 0 Å². The van der Waals surface area contributed by atoms with Crippen LogP contribution in [0.2, 0.25) is 10.0 Å². The second kappa shape index (κ2) is 6.96. The number of hydrogen-bond acceptors (Lipinski definition) is 2. The minimum Gasteiger partial charge on any atom is -0.480 e. The minimum atomic E-state index is -0.961. The standard InChI is InChI=1S/C15H15Cl2NO3/c16-11-5-3-4-10(14(11)17)7-8-13(19)18-9-2-1-6-12(18)15(20)21/h3-5,7-8,12H,1-2,6,9H2,(H,20,21)/t12-/m0/s1. The molecule has 0 aliphatic carbocycles. The molecule has 2 rings (SSSR count). The van der Waals surface area contributed by atoms with Crippen molar-refractivity contribution in [3.8, 4) is 0 Å². The van der Waals surface area contributed by atoms with Crippen LogP contribution in [-0.2, 0) is 9.59 Å². The van der Waals surface area contributed by atoms with E-state index in [9.17, 15) is 9.59 Å². The maximum Gasteiger partial charge on any atom is 0.326 e. The second-order valence-electron chi connectivity index (χ2n) is 4.86. The third-order valence-electron chi connectivity index (χ3n) is 3.46. The molecule has 0 unspecified atom stereocenters. The molecule has 0 bridgehead atoms. The lowest BCUT2D eigenvalue weighted by Crippen LogP contribution is -2.47. The number of nitrogens with zero attached hydrogens (tertiary/aromatic N) is 1. The number of likely N-dealkylation sites (tertiary alicyclic amines) is 1. The Balaban J connectivity index is 2.14. The van der Waals surface area contributed by atoms with Gasteiger partial charge in [-0.3, -0.25) is 4.79 Å². The molecule has 1 atom stereocenters. The molecule has 1 N–H and O–H groups in total. The highest BCUT2D eigenvalue weighted by molar-refractivity contribution is 6.42. The van der Waals surface area contributed by atoms with Crippen LogP contribution in [0.4, 0.5) is 0 Å². The van der Waals surface area contributed by atoms with Crippen molar-refractivity contribution in [1.82, 2.24) is 4.90 Å². The third kappa shape index (κ3) is 3.77. The lowest BCUT2D eigenvalue weighted by atomic mass is 10.0. The van der Waals surface area contributed by atoms with Crippen molar-refractivity contribution < 1.29 is 14.7 Å². The predicted molar refractivity (Wildman–Crippen MR) is 82.5 cm³/mol. The highest BCUT2D eigenvalue weighted by Crippen LogP contribution is 2.26. The fourth-order valence-corrected chi connectivity index (χ4v) is 2.73. The van der Waals surface area contributed by atoms with Crippen LogP contribution in [0.3, 0.4) is 0 Å². The Bertz CT molecular complexity index is 586. The number of piperidine rings is 1. The first kappa shape index (κ1) is 15.9. The van der Waals surface area contributed by atoms with Crippen LogP contribution in [0.1, 0.15) is 24.8 Å². The summed E-state index contributed by atoms with van der Waals surface area (Å²) >= 11 is 11.9. The van der Waals surface area contributed by atoms with E-state index in [1.807, 2.05) is 0 Å². The van der Waals surface area contributed by atoms with Gasteiger partial charge in [-0.15, -0.1) is 0 Å². The van der Waals surface area contributed by atoms with Gasteiger partial charge in [0.05, 0.1) is 10.0 Å². The van der Waals surface area contributed by atoms with E-state index < -0.39 is 12.0 Å². The maximum atomic E-state index is 12.2. The van der Waals surface area contributed by atoms with Crippen LogP contribution in [-0.4, -0.2) is 34.5 Å². The van der Waals surface area contributed by atoms with E-state index in [-0.39, 0.29) is 5.91 Å². The molecule has 21 heavy (non-hydrogen) atoms. The molecule has 1 aliphatic heterocycles. The highest BCUT2D eigenvalue weighted by atomic mass is 35.5. The van der Waals surface area contributed by atoms with E-state index in [4.69, 9.17) is 28.3 Å². The molecule has 1 amide bonds. The van der Waals surface area contributed by atoms with Gasteiger partial charge in [-0.2, -0.15) is 0 Å². The van der Waals surface area contributed by atoms with Gasteiger partial charge >= 0.3 is 5.97 Å². The van der Waals surface area contributed by atoms with E-state index in [0.29, 0.717) is 28.6 Å². The normalized spacial score (nSPS) is 19.0. The Morgan fingerprint density at radius 1 is 1.29 bits per heavy atom. The number of carbonyl (C=O) groups excluding carboxylic acids is 1. The Morgan fingerprint density at radius 3 is 2.76 bits per heavy atom. The summed E-state index contributed by atoms with van der Waals surface area (Å²) in [5, 5.41) is 9.95. The zero-order valence-electron chi connectivity index (χ0n) is 11.3. The first-order valence-corrected chi connectivity index (χ1v) is 7.42. The second-order valence-corrected chi connectivity index (χ2v) is 5.64. The SMILES string of the molecule is O=C(O)[C@@H]1CCCCN1C(=O)C=Cc1cccc(Cl)c1Cl. The number of aliphatic carboxylic acids is 1. The summed E-state index contributed by atoms with van der Waals surface area (Å²) in [5.41, 5.74) is 0.626. The van der Waals surface area contributed by atoms with E-state index in [0.717, 1.165) is 12.8 Å². The molecule has 1 heterocycles. The predicted octanol–water partition coefficient (Wildman–Crippen LogP) is 3.47. The fraction of sp³-hybridized carbons (Fsp3) is 0.333. The van der Waals surface area contributed by atoms with Crippen LogP contribution in [0.15, 0.2) is 24.3 Å². The average molecular weight is 328 g/mol. The number of benzene rings is 1. The molecule has 6 heteroatoms. The number of rotatable bonds is 3.